The van der Waals surface area contributed by atoms with Crippen molar-refractivity contribution in [2.24, 2.45) is 16.7 Å². The average molecular weight is 262 g/mol. The first-order valence-corrected chi connectivity index (χ1v) is 6.36. The molecule has 1 aromatic heterocycles. The first-order valence-electron chi connectivity index (χ1n) is 5.38. The standard InChI is InChI=1S/C12H14N4OS/c1-8-2-4-9(5-3-8)11-6-10(17-16-11)7-18-12(13)15-14/h2-6H,7,14H2,1H3,(H2,13,15). The van der Waals surface area contributed by atoms with Crippen LogP contribution >= 0.6 is 11.8 Å². The Morgan fingerprint density at radius 1 is 1.39 bits per heavy atom. The molecule has 1 aromatic carbocycles. The van der Waals surface area contributed by atoms with Gasteiger partial charge in [-0.3, -0.25) is 0 Å². The quantitative estimate of drug-likeness (QED) is 0.382. The van der Waals surface area contributed by atoms with E-state index in [1.165, 1.54) is 17.3 Å². The first kappa shape index (κ1) is 12.5. The van der Waals surface area contributed by atoms with Crippen molar-refractivity contribution in [2.75, 3.05) is 0 Å². The third kappa shape index (κ3) is 3.04. The molecule has 18 heavy (non-hydrogen) atoms. The monoisotopic (exact) mass is 262 g/mol. The number of hydrogen-bond donors (Lipinski definition) is 2. The van der Waals surface area contributed by atoms with Crippen molar-refractivity contribution >= 4 is 16.9 Å². The van der Waals surface area contributed by atoms with Crippen LogP contribution in [-0.4, -0.2) is 10.3 Å². The number of amidine groups is 1. The van der Waals surface area contributed by atoms with E-state index in [1.807, 2.05) is 37.3 Å². The van der Waals surface area contributed by atoms with Crippen molar-refractivity contribution in [1.29, 1.82) is 0 Å². The number of hydrazone groups is 1. The summed E-state index contributed by atoms with van der Waals surface area (Å²) in [5, 5.41) is 7.72. The van der Waals surface area contributed by atoms with Gasteiger partial charge in [-0.25, -0.2) is 0 Å². The third-order valence-corrected chi connectivity index (χ3v) is 3.23. The van der Waals surface area contributed by atoms with Crippen LogP contribution in [0.5, 0.6) is 0 Å². The molecule has 0 radical (unpaired) electrons. The fraction of sp³-hybridized carbons (Fsp3) is 0.167. The molecule has 0 saturated heterocycles. The van der Waals surface area contributed by atoms with E-state index in [1.54, 1.807) is 0 Å². The van der Waals surface area contributed by atoms with Crippen molar-refractivity contribution in [2.45, 2.75) is 12.7 Å². The van der Waals surface area contributed by atoms with Gasteiger partial charge >= 0.3 is 0 Å². The highest BCUT2D eigenvalue weighted by molar-refractivity contribution is 8.13. The fourth-order valence-corrected chi connectivity index (χ4v) is 1.92. The molecule has 0 saturated carbocycles. The van der Waals surface area contributed by atoms with Gasteiger partial charge in [0, 0.05) is 11.6 Å². The van der Waals surface area contributed by atoms with Crippen molar-refractivity contribution in [3.8, 4) is 11.3 Å². The third-order valence-electron chi connectivity index (χ3n) is 2.40. The summed E-state index contributed by atoms with van der Waals surface area (Å²) in [4.78, 5) is 0. The topological polar surface area (TPSA) is 90.4 Å². The first-order chi connectivity index (χ1) is 8.69. The Labute approximate surface area is 109 Å². The molecule has 0 amide bonds. The van der Waals surface area contributed by atoms with Gasteiger partial charge in [-0.15, -0.1) is 0 Å². The van der Waals surface area contributed by atoms with E-state index < -0.39 is 0 Å². The van der Waals surface area contributed by atoms with E-state index in [2.05, 4.69) is 10.3 Å². The van der Waals surface area contributed by atoms with Gasteiger partial charge in [-0.2, -0.15) is 5.10 Å². The Hall–Kier alpha value is -1.95. The molecule has 0 spiro atoms. The molecule has 5 nitrogen and oxygen atoms in total. The van der Waals surface area contributed by atoms with E-state index in [0.29, 0.717) is 10.9 Å². The Morgan fingerprint density at radius 3 is 2.78 bits per heavy atom. The molecule has 2 rings (SSSR count). The van der Waals surface area contributed by atoms with Crippen LogP contribution in [0.2, 0.25) is 0 Å². The molecule has 0 aliphatic rings. The molecule has 0 aliphatic carbocycles. The minimum absolute atomic E-state index is 0.322. The Morgan fingerprint density at radius 2 is 2.11 bits per heavy atom. The second kappa shape index (κ2) is 5.59. The van der Waals surface area contributed by atoms with Crippen LogP contribution in [-0.2, 0) is 5.75 Å². The van der Waals surface area contributed by atoms with Crippen molar-refractivity contribution in [3.63, 3.8) is 0 Å². The highest BCUT2D eigenvalue weighted by Crippen LogP contribution is 2.21. The van der Waals surface area contributed by atoms with E-state index in [9.17, 15) is 0 Å². The number of hydrogen-bond acceptors (Lipinski definition) is 5. The molecule has 2 aromatic rings. The van der Waals surface area contributed by atoms with Crippen LogP contribution in [0.3, 0.4) is 0 Å². The zero-order valence-electron chi connectivity index (χ0n) is 9.96. The second-order valence-electron chi connectivity index (χ2n) is 3.80. The molecule has 0 atom stereocenters. The van der Waals surface area contributed by atoms with E-state index in [0.717, 1.165) is 17.0 Å². The number of aromatic nitrogens is 1. The van der Waals surface area contributed by atoms with Crippen LogP contribution in [0, 0.1) is 6.92 Å². The van der Waals surface area contributed by atoms with E-state index in [-0.39, 0.29) is 0 Å². The number of nitrogens with zero attached hydrogens (tertiary/aromatic N) is 2. The zero-order chi connectivity index (χ0) is 13.0. The molecule has 94 valence electrons. The molecule has 4 N–H and O–H groups in total. The van der Waals surface area contributed by atoms with Gasteiger partial charge in [0.1, 0.15) is 11.5 Å². The highest BCUT2D eigenvalue weighted by Gasteiger charge is 2.07. The molecular weight excluding hydrogens is 248 g/mol. The lowest BCUT2D eigenvalue weighted by molar-refractivity contribution is 0.397. The summed E-state index contributed by atoms with van der Waals surface area (Å²) in [5.41, 5.74) is 8.54. The lowest BCUT2D eigenvalue weighted by Crippen LogP contribution is -2.09. The summed E-state index contributed by atoms with van der Waals surface area (Å²) in [6, 6.07) is 10.00. The summed E-state index contributed by atoms with van der Waals surface area (Å²) in [5.74, 6) is 6.34. The minimum atomic E-state index is 0.322. The Bertz CT molecular complexity index is 547. The number of benzene rings is 1. The van der Waals surface area contributed by atoms with Crippen LogP contribution in [0.1, 0.15) is 11.3 Å². The predicted molar refractivity (Wildman–Crippen MR) is 73.8 cm³/mol. The van der Waals surface area contributed by atoms with Gasteiger partial charge in [-0.1, -0.05) is 46.7 Å². The lowest BCUT2D eigenvalue weighted by atomic mass is 10.1. The Balaban J connectivity index is 2.08. The summed E-state index contributed by atoms with van der Waals surface area (Å²) < 4.78 is 5.22. The highest BCUT2D eigenvalue weighted by atomic mass is 32.2. The number of rotatable bonds is 3. The van der Waals surface area contributed by atoms with Crippen molar-refractivity contribution in [1.82, 2.24) is 5.16 Å². The molecule has 0 unspecified atom stereocenters. The summed E-state index contributed by atoms with van der Waals surface area (Å²) in [6.45, 7) is 2.05. The molecule has 0 fully saturated rings. The van der Waals surface area contributed by atoms with Gasteiger partial charge in [0.15, 0.2) is 5.17 Å². The molecule has 1 heterocycles. The smallest absolute Gasteiger partial charge is 0.177 e. The normalized spacial score (nSPS) is 11.7. The lowest BCUT2D eigenvalue weighted by Gasteiger charge is -1.95. The van der Waals surface area contributed by atoms with E-state index in [4.69, 9.17) is 16.1 Å². The Kier molecular flexibility index (Phi) is 3.88. The largest absolute Gasteiger partial charge is 0.377 e. The maximum atomic E-state index is 5.48. The number of thioether (sulfide) groups is 1. The van der Waals surface area contributed by atoms with Crippen molar-refractivity contribution in [3.05, 3.63) is 41.7 Å². The fourth-order valence-electron chi connectivity index (χ4n) is 1.42. The van der Waals surface area contributed by atoms with Gasteiger partial charge < -0.3 is 16.1 Å². The van der Waals surface area contributed by atoms with Gasteiger partial charge in [0.05, 0.1) is 5.75 Å². The number of aryl methyl sites for hydroxylation is 1. The van der Waals surface area contributed by atoms with E-state index >= 15 is 0 Å². The maximum absolute atomic E-state index is 5.48. The van der Waals surface area contributed by atoms with Gasteiger partial charge in [0.2, 0.25) is 0 Å². The second-order valence-corrected chi connectivity index (χ2v) is 4.80. The molecular formula is C12H14N4OS. The van der Waals surface area contributed by atoms with Gasteiger partial charge in [0.25, 0.3) is 0 Å². The van der Waals surface area contributed by atoms with Crippen LogP contribution in [0.4, 0.5) is 0 Å². The van der Waals surface area contributed by atoms with Crippen molar-refractivity contribution < 1.29 is 4.52 Å². The summed E-state index contributed by atoms with van der Waals surface area (Å²) in [7, 11) is 0. The minimum Gasteiger partial charge on any atom is -0.377 e. The average Bonchev–Trinajstić information content (AvgIpc) is 2.85. The van der Waals surface area contributed by atoms with Gasteiger partial charge in [-0.05, 0) is 6.92 Å². The van der Waals surface area contributed by atoms with Crippen LogP contribution < -0.4 is 11.6 Å². The molecule has 0 aliphatic heterocycles. The SMILES string of the molecule is Cc1ccc(-c2cc(CSC(N)=NN)on2)cc1. The summed E-state index contributed by atoms with van der Waals surface area (Å²) in [6.07, 6.45) is 0. The zero-order valence-corrected chi connectivity index (χ0v) is 10.8. The number of nitrogens with two attached hydrogens (primary N) is 2. The summed E-state index contributed by atoms with van der Waals surface area (Å²) >= 11 is 1.31. The van der Waals surface area contributed by atoms with Crippen LogP contribution in [0.15, 0.2) is 40.0 Å². The maximum Gasteiger partial charge on any atom is 0.177 e. The molecule has 6 heteroatoms. The van der Waals surface area contributed by atoms with Crippen LogP contribution in [0.25, 0.3) is 11.3 Å². The predicted octanol–water partition coefficient (Wildman–Crippen LogP) is 2.07. The molecule has 0 bridgehead atoms.